The first-order chi connectivity index (χ1) is 7.47. The van der Waals surface area contributed by atoms with Crippen molar-refractivity contribution in [3.8, 4) is 0 Å². The molecule has 1 aliphatic carbocycles. The fraction of sp³-hybridized carbons (Fsp3) is 0.867. The first kappa shape index (κ1) is 13.8. The van der Waals surface area contributed by atoms with E-state index in [4.69, 9.17) is 4.74 Å². The van der Waals surface area contributed by atoms with E-state index in [1.165, 1.54) is 25.7 Å². The summed E-state index contributed by atoms with van der Waals surface area (Å²) in [5.41, 5.74) is 2.07. The van der Waals surface area contributed by atoms with Gasteiger partial charge in [0, 0.05) is 6.61 Å². The summed E-state index contributed by atoms with van der Waals surface area (Å²) in [7, 11) is 0. The number of hydrogen-bond donors (Lipinski definition) is 0. The Kier molecular flexibility index (Phi) is 5.04. The van der Waals surface area contributed by atoms with Crippen LogP contribution in [-0.4, -0.2) is 12.7 Å². The summed E-state index contributed by atoms with van der Waals surface area (Å²) >= 11 is 0. The van der Waals surface area contributed by atoms with Gasteiger partial charge in [-0.3, -0.25) is 0 Å². The lowest BCUT2D eigenvalue weighted by Gasteiger charge is -2.39. The molecular formula is C15H28O. The van der Waals surface area contributed by atoms with Crippen LogP contribution >= 0.6 is 0 Å². The van der Waals surface area contributed by atoms with Crippen LogP contribution in [0.5, 0.6) is 0 Å². The topological polar surface area (TPSA) is 9.23 Å². The molecule has 0 N–H and O–H groups in total. The Bertz CT molecular complexity index is 240. The van der Waals surface area contributed by atoms with Gasteiger partial charge in [-0.15, -0.1) is 0 Å². The maximum atomic E-state index is 5.62. The van der Waals surface area contributed by atoms with E-state index in [9.17, 15) is 0 Å². The van der Waals surface area contributed by atoms with Crippen LogP contribution in [0.25, 0.3) is 0 Å². The van der Waals surface area contributed by atoms with Gasteiger partial charge in [0.15, 0.2) is 0 Å². The van der Waals surface area contributed by atoms with E-state index < -0.39 is 0 Å². The molecule has 0 saturated carbocycles. The maximum absolute atomic E-state index is 5.62. The van der Waals surface area contributed by atoms with Gasteiger partial charge in [-0.2, -0.15) is 0 Å². The zero-order chi connectivity index (χ0) is 12.2. The van der Waals surface area contributed by atoms with Crippen LogP contribution in [0.15, 0.2) is 11.6 Å². The van der Waals surface area contributed by atoms with Crippen molar-refractivity contribution in [2.75, 3.05) is 6.61 Å². The smallest absolute Gasteiger partial charge is 0.0547 e. The molecule has 0 heterocycles. The van der Waals surface area contributed by atoms with Gasteiger partial charge in [0.05, 0.1) is 6.10 Å². The average molecular weight is 224 g/mol. The summed E-state index contributed by atoms with van der Waals surface area (Å²) in [5, 5.41) is 0. The third-order valence-corrected chi connectivity index (χ3v) is 4.06. The number of ether oxygens (including phenoxy) is 1. The molecule has 1 aliphatic rings. The van der Waals surface area contributed by atoms with Crippen molar-refractivity contribution in [2.24, 2.45) is 11.3 Å². The lowest BCUT2D eigenvalue weighted by Crippen LogP contribution is -2.28. The van der Waals surface area contributed by atoms with Crippen LogP contribution < -0.4 is 0 Å². The van der Waals surface area contributed by atoms with Crippen molar-refractivity contribution in [1.82, 2.24) is 0 Å². The van der Waals surface area contributed by atoms with E-state index >= 15 is 0 Å². The molecule has 0 spiro atoms. The molecular weight excluding hydrogens is 196 g/mol. The highest BCUT2D eigenvalue weighted by Gasteiger charge is 2.32. The first-order valence-electron chi connectivity index (χ1n) is 6.75. The van der Waals surface area contributed by atoms with Crippen molar-refractivity contribution in [3.63, 3.8) is 0 Å². The molecule has 0 fully saturated rings. The van der Waals surface area contributed by atoms with Crippen molar-refractivity contribution in [3.05, 3.63) is 11.6 Å². The summed E-state index contributed by atoms with van der Waals surface area (Å²) < 4.78 is 5.62. The summed E-state index contributed by atoms with van der Waals surface area (Å²) in [5.74, 6) is 0.754. The second kappa shape index (κ2) is 5.86. The molecule has 0 aromatic heterocycles. The van der Waals surface area contributed by atoms with Gasteiger partial charge < -0.3 is 4.74 Å². The molecule has 0 aromatic carbocycles. The van der Waals surface area contributed by atoms with E-state index in [1.54, 1.807) is 5.57 Å². The molecule has 0 bridgehead atoms. The van der Waals surface area contributed by atoms with Crippen LogP contribution in [0.2, 0.25) is 0 Å². The van der Waals surface area contributed by atoms with Gasteiger partial charge in [0.1, 0.15) is 0 Å². The second-order valence-corrected chi connectivity index (χ2v) is 5.87. The second-order valence-electron chi connectivity index (χ2n) is 5.87. The average Bonchev–Trinajstić information content (AvgIpc) is 2.16. The largest absolute Gasteiger partial charge is 0.379 e. The van der Waals surface area contributed by atoms with Crippen molar-refractivity contribution < 1.29 is 4.74 Å². The lowest BCUT2D eigenvalue weighted by molar-refractivity contribution is 0.0597. The Morgan fingerprint density at radius 3 is 2.75 bits per heavy atom. The third kappa shape index (κ3) is 3.62. The number of hydrogen-bond acceptors (Lipinski definition) is 1. The Balaban J connectivity index is 2.50. The van der Waals surface area contributed by atoms with Gasteiger partial charge in [0.25, 0.3) is 0 Å². The van der Waals surface area contributed by atoms with Gasteiger partial charge in [-0.1, -0.05) is 25.5 Å². The maximum Gasteiger partial charge on any atom is 0.0547 e. The molecule has 0 aliphatic heterocycles. The van der Waals surface area contributed by atoms with Crippen LogP contribution in [0.1, 0.15) is 60.3 Å². The molecule has 0 amide bonds. The van der Waals surface area contributed by atoms with Crippen LogP contribution in [-0.2, 0) is 4.74 Å². The molecule has 16 heavy (non-hydrogen) atoms. The van der Waals surface area contributed by atoms with E-state index in [2.05, 4.69) is 40.7 Å². The van der Waals surface area contributed by atoms with Gasteiger partial charge >= 0.3 is 0 Å². The zero-order valence-electron chi connectivity index (χ0n) is 11.7. The summed E-state index contributed by atoms with van der Waals surface area (Å²) in [6.45, 7) is 12.2. The normalized spacial score (nSPS) is 26.3. The fourth-order valence-electron chi connectivity index (χ4n) is 2.99. The van der Waals surface area contributed by atoms with Gasteiger partial charge in [-0.25, -0.2) is 0 Å². The Labute approximate surface area is 101 Å². The Morgan fingerprint density at radius 1 is 1.50 bits per heavy atom. The van der Waals surface area contributed by atoms with Crippen molar-refractivity contribution in [1.29, 1.82) is 0 Å². The van der Waals surface area contributed by atoms with Crippen molar-refractivity contribution >= 4 is 0 Å². The lowest BCUT2D eigenvalue weighted by atomic mass is 9.67. The molecule has 0 saturated heterocycles. The highest BCUT2D eigenvalue weighted by atomic mass is 16.5. The minimum atomic E-state index is 0.413. The summed E-state index contributed by atoms with van der Waals surface area (Å²) in [6.07, 6.45) is 7.90. The van der Waals surface area contributed by atoms with E-state index in [1.807, 2.05) is 0 Å². The molecule has 94 valence electrons. The van der Waals surface area contributed by atoms with Gasteiger partial charge in [-0.05, 0) is 57.8 Å². The van der Waals surface area contributed by atoms with Crippen LogP contribution in [0.3, 0.4) is 0 Å². The minimum Gasteiger partial charge on any atom is -0.379 e. The summed E-state index contributed by atoms with van der Waals surface area (Å²) in [6, 6.07) is 0. The molecule has 0 radical (unpaired) electrons. The molecule has 1 rings (SSSR count). The zero-order valence-corrected chi connectivity index (χ0v) is 11.7. The highest BCUT2D eigenvalue weighted by Crippen LogP contribution is 2.43. The predicted octanol–water partition coefficient (Wildman–Crippen LogP) is 4.57. The molecule has 1 nitrogen and oxygen atoms in total. The fourth-order valence-corrected chi connectivity index (χ4v) is 2.99. The Hall–Kier alpha value is -0.300. The highest BCUT2D eigenvalue weighted by molar-refractivity contribution is 5.11. The SMILES string of the molecule is CCOC(C)CCC1C(C)=CCCC1(C)C. The van der Waals surface area contributed by atoms with Crippen molar-refractivity contribution in [2.45, 2.75) is 66.4 Å². The van der Waals surface area contributed by atoms with E-state index in [-0.39, 0.29) is 0 Å². The molecule has 1 heteroatoms. The predicted molar refractivity (Wildman–Crippen MR) is 70.6 cm³/mol. The van der Waals surface area contributed by atoms with E-state index in [0.29, 0.717) is 11.5 Å². The first-order valence-corrected chi connectivity index (χ1v) is 6.75. The number of allylic oxidation sites excluding steroid dienone is 2. The number of rotatable bonds is 5. The quantitative estimate of drug-likeness (QED) is 0.621. The monoisotopic (exact) mass is 224 g/mol. The Morgan fingerprint density at radius 2 is 2.19 bits per heavy atom. The van der Waals surface area contributed by atoms with E-state index in [0.717, 1.165) is 12.5 Å². The van der Waals surface area contributed by atoms with Crippen LogP contribution in [0.4, 0.5) is 0 Å². The minimum absolute atomic E-state index is 0.413. The molecule has 2 unspecified atom stereocenters. The summed E-state index contributed by atoms with van der Waals surface area (Å²) in [4.78, 5) is 0. The third-order valence-electron chi connectivity index (χ3n) is 4.06. The van der Waals surface area contributed by atoms with Gasteiger partial charge in [0.2, 0.25) is 0 Å². The standard InChI is InChI=1S/C15H28O/c1-6-16-13(3)9-10-14-12(2)8-7-11-15(14,4)5/h8,13-14H,6-7,9-11H2,1-5H3. The molecule has 2 atom stereocenters. The van der Waals surface area contributed by atoms with Crippen LogP contribution in [0, 0.1) is 11.3 Å². The molecule has 0 aromatic rings.